The van der Waals surface area contributed by atoms with E-state index in [9.17, 15) is 13.5 Å². The molecule has 0 aliphatic rings. The largest absolute Gasteiger partial charge is 0.508 e. The zero-order valence-electron chi connectivity index (χ0n) is 11.7. The molecule has 0 saturated heterocycles. The second-order valence-corrected chi connectivity index (χ2v) is 6.30. The number of hydrogen-bond donors (Lipinski definition) is 3. The van der Waals surface area contributed by atoms with Crippen LogP contribution < -0.4 is 10.0 Å². The second kappa shape index (κ2) is 6.60. The third-order valence-electron chi connectivity index (χ3n) is 3.09. The molecule has 2 aromatic carbocycles. The normalized spacial score (nSPS) is 11.3. The van der Waals surface area contributed by atoms with E-state index in [1.165, 1.54) is 0 Å². The summed E-state index contributed by atoms with van der Waals surface area (Å²) in [7, 11) is -1.86. The summed E-state index contributed by atoms with van der Waals surface area (Å²) < 4.78 is 27.1. The van der Waals surface area contributed by atoms with Gasteiger partial charge in [0.1, 0.15) is 10.6 Å². The van der Waals surface area contributed by atoms with Crippen molar-refractivity contribution in [3.05, 3.63) is 54.1 Å². The molecule has 0 amide bonds. The third kappa shape index (κ3) is 3.96. The Morgan fingerprint density at radius 1 is 1.05 bits per heavy atom. The maximum absolute atomic E-state index is 12.3. The number of hydrogen-bond acceptors (Lipinski definition) is 4. The Hall–Kier alpha value is -2.05. The summed E-state index contributed by atoms with van der Waals surface area (Å²) in [6, 6.07) is 13.5. The lowest BCUT2D eigenvalue weighted by molar-refractivity contribution is 0.475. The highest BCUT2D eigenvalue weighted by molar-refractivity contribution is 7.89. The first-order valence-electron chi connectivity index (χ1n) is 6.57. The highest BCUT2D eigenvalue weighted by Gasteiger charge is 2.16. The van der Waals surface area contributed by atoms with Crippen LogP contribution in [0.15, 0.2) is 53.4 Å². The van der Waals surface area contributed by atoms with Gasteiger partial charge < -0.3 is 10.4 Å². The molecule has 0 unspecified atom stereocenters. The van der Waals surface area contributed by atoms with Crippen LogP contribution in [0, 0.1) is 0 Å². The van der Waals surface area contributed by atoms with Gasteiger partial charge in [-0.1, -0.05) is 24.3 Å². The summed E-state index contributed by atoms with van der Waals surface area (Å²) in [5.41, 5.74) is 1.52. The van der Waals surface area contributed by atoms with Crippen molar-refractivity contribution in [2.45, 2.75) is 11.3 Å². The van der Waals surface area contributed by atoms with Gasteiger partial charge in [-0.25, -0.2) is 13.1 Å². The average molecular weight is 306 g/mol. The van der Waals surface area contributed by atoms with Crippen LogP contribution in [0.2, 0.25) is 0 Å². The molecule has 0 aromatic heterocycles. The number of phenolic OH excluding ortho intramolecular Hbond substituents is 1. The first-order chi connectivity index (χ1) is 10.0. The van der Waals surface area contributed by atoms with Gasteiger partial charge in [0.15, 0.2) is 0 Å². The summed E-state index contributed by atoms with van der Waals surface area (Å²) in [5.74, 6) is 0.197. The molecule has 2 aromatic rings. The van der Waals surface area contributed by atoms with Crippen molar-refractivity contribution in [2.24, 2.45) is 0 Å². The summed E-state index contributed by atoms with van der Waals surface area (Å²) in [5, 5.41) is 12.1. The minimum Gasteiger partial charge on any atom is -0.508 e. The molecule has 6 heteroatoms. The van der Waals surface area contributed by atoms with E-state index in [4.69, 9.17) is 0 Å². The molecule has 112 valence electrons. The number of phenols is 1. The molecule has 0 radical (unpaired) electrons. The van der Waals surface area contributed by atoms with Crippen molar-refractivity contribution in [3.8, 4) is 5.75 Å². The summed E-state index contributed by atoms with van der Waals surface area (Å²) >= 11 is 0. The first-order valence-corrected chi connectivity index (χ1v) is 8.05. The molecular formula is C15H18N2O3S. The van der Waals surface area contributed by atoms with E-state index in [1.807, 2.05) is 0 Å². The SMILES string of the molecule is CNc1ccccc1S(=O)(=O)NCCc1ccc(O)cc1. The van der Waals surface area contributed by atoms with Gasteiger partial charge in [0.2, 0.25) is 10.0 Å². The number of sulfonamides is 1. The van der Waals surface area contributed by atoms with Crippen LogP contribution in [0.25, 0.3) is 0 Å². The third-order valence-corrected chi connectivity index (χ3v) is 4.61. The van der Waals surface area contributed by atoms with Gasteiger partial charge in [-0.3, -0.25) is 0 Å². The molecule has 5 nitrogen and oxygen atoms in total. The van der Waals surface area contributed by atoms with Crippen LogP contribution >= 0.6 is 0 Å². The van der Waals surface area contributed by atoms with Crippen LogP contribution in [0.1, 0.15) is 5.56 Å². The van der Waals surface area contributed by atoms with Gasteiger partial charge in [0.05, 0.1) is 5.69 Å². The quantitative estimate of drug-likeness (QED) is 0.762. The monoisotopic (exact) mass is 306 g/mol. The van der Waals surface area contributed by atoms with Crippen molar-refractivity contribution in [3.63, 3.8) is 0 Å². The summed E-state index contributed by atoms with van der Waals surface area (Å²) in [6.45, 7) is 0.297. The number of nitrogens with one attached hydrogen (secondary N) is 2. The Morgan fingerprint density at radius 2 is 1.71 bits per heavy atom. The van der Waals surface area contributed by atoms with Crippen molar-refractivity contribution in [1.82, 2.24) is 4.72 Å². The molecule has 3 N–H and O–H groups in total. The fourth-order valence-electron chi connectivity index (χ4n) is 1.98. The van der Waals surface area contributed by atoms with Crippen molar-refractivity contribution >= 4 is 15.7 Å². The van der Waals surface area contributed by atoms with Crippen molar-refractivity contribution in [1.29, 1.82) is 0 Å². The molecule has 0 bridgehead atoms. The Bertz CT molecular complexity index is 697. The number of para-hydroxylation sites is 1. The van der Waals surface area contributed by atoms with Crippen LogP contribution in [0.4, 0.5) is 5.69 Å². The predicted octanol–water partition coefficient (Wildman–Crippen LogP) is 1.95. The Labute approximate surface area is 124 Å². The summed E-state index contributed by atoms with van der Waals surface area (Å²) in [4.78, 5) is 0.234. The van der Waals surface area contributed by atoms with E-state index in [2.05, 4.69) is 10.0 Å². The second-order valence-electron chi connectivity index (χ2n) is 4.56. The van der Waals surface area contributed by atoms with Gasteiger partial charge in [0.25, 0.3) is 0 Å². The molecule has 0 atom stereocenters. The lowest BCUT2D eigenvalue weighted by atomic mass is 10.1. The number of anilines is 1. The van der Waals surface area contributed by atoms with Gasteiger partial charge in [-0.05, 0) is 36.2 Å². The lowest BCUT2D eigenvalue weighted by Gasteiger charge is -2.11. The highest BCUT2D eigenvalue weighted by atomic mass is 32.2. The van der Waals surface area contributed by atoms with Gasteiger partial charge in [-0.2, -0.15) is 0 Å². The minimum atomic E-state index is -3.54. The first kappa shape index (κ1) is 15.3. The molecular weight excluding hydrogens is 288 g/mol. The number of aromatic hydroxyl groups is 1. The molecule has 0 heterocycles. The lowest BCUT2D eigenvalue weighted by Crippen LogP contribution is -2.26. The van der Waals surface area contributed by atoms with E-state index >= 15 is 0 Å². The highest BCUT2D eigenvalue weighted by Crippen LogP contribution is 2.19. The van der Waals surface area contributed by atoms with Gasteiger partial charge in [0, 0.05) is 13.6 Å². The van der Waals surface area contributed by atoms with Crippen LogP contribution in [0.5, 0.6) is 5.75 Å². The predicted molar refractivity (Wildman–Crippen MR) is 83.0 cm³/mol. The molecule has 0 fully saturated rings. The smallest absolute Gasteiger partial charge is 0.242 e. The zero-order chi connectivity index (χ0) is 15.3. The topological polar surface area (TPSA) is 78.4 Å². The van der Waals surface area contributed by atoms with Crippen LogP contribution in [0.3, 0.4) is 0 Å². The van der Waals surface area contributed by atoms with Crippen molar-refractivity contribution < 1.29 is 13.5 Å². The number of benzene rings is 2. The standard InChI is InChI=1S/C15H18N2O3S/c1-16-14-4-2-3-5-15(14)21(19,20)17-11-10-12-6-8-13(18)9-7-12/h2-9,16-18H,10-11H2,1H3. The molecule has 2 rings (SSSR count). The van der Waals surface area contributed by atoms with Crippen molar-refractivity contribution in [2.75, 3.05) is 18.9 Å². The van der Waals surface area contributed by atoms with Crippen LogP contribution in [-0.4, -0.2) is 27.1 Å². The minimum absolute atomic E-state index is 0.197. The molecule has 0 aliphatic carbocycles. The maximum atomic E-state index is 12.3. The van der Waals surface area contributed by atoms with E-state index in [0.717, 1.165) is 5.56 Å². The number of rotatable bonds is 6. The molecule has 0 saturated carbocycles. The fourth-order valence-corrected chi connectivity index (χ4v) is 3.22. The maximum Gasteiger partial charge on any atom is 0.242 e. The molecule has 0 aliphatic heterocycles. The van der Waals surface area contributed by atoms with E-state index < -0.39 is 10.0 Å². The fraction of sp³-hybridized carbons (Fsp3) is 0.200. The van der Waals surface area contributed by atoms with E-state index in [0.29, 0.717) is 18.7 Å². The van der Waals surface area contributed by atoms with E-state index in [1.54, 1.807) is 55.6 Å². The van der Waals surface area contributed by atoms with Gasteiger partial charge in [-0.15, -0.1) is 0 Å². The molecule has 21 heavy (non-hydrogen) atoms. The average Bonchev–Trinajstić information content (AvgIpc) is 2.49. The molecule has 0 spiro atoms. The Kier molecular flexibility index (Phi) is 4.82. The zero-order valence-corrected chi connectivity index (χ0v) is 12.5. The Balaban J connectivity index is 2.03. The summed E-state index contributed by atoms with van der Waals surface area (Å²) in [6.07, 6.45) is 0.557. The van der Waals surface area contributed by atoms with E-state index in [-0.39, 0.29) is 10.6 Å². The Morgan fingerprint density at radius 3 is 2.38 bits per heavy atom. The van der Waals surface area contributed by atoms with Crippen LogP contribution in [-0.2, 0) is 16.4 Å². The van der Waals surface area contributed by atoms with Gasteiger partial charge >= 0.3 is 0 Å².